The highest BCUT2D eigenvalue weighted by Gasteiger charge is 2.19. The standard InChI is InChI=1S/C22H27N3O3/c1-14-9-10-15(2)21(11-14)28-13-18(27)12-25-20-8-6-5-7-19(20)24-22(25)16(3)23-17(4)26/h5-11,16,18,27H,12-13H2,1-4H3,(H,23,26). The van der Waals surface area contributed by atoms with Gasteiger partial charge >= 0.3 is 0 Å². The molecule has 28 heavy (non-hydrogen) atoms. The number of nitrogens with one attached hydrogen (secondary N) is 1. The van der Waals surface area contributed by atoms with Crippen LogP contribution in [0.25, 0.3) is 11.0 Å². The molecular weight excluding hydrogens is 354 g/mol. The number of aromatic nitrogens is 2. The van der Waals surface area contributed by atoms with Gasteiger partial charge in [-0.2, -0.15) is 0 Å². The van der Waals surface area contributed by atoms with Crippen molar-refractivity contribution >= 4 is 16.9 Å². The van der Waals surface area contributed by atoms with Crippen molar-refractivity contribution in [1.29, 1.82) is 0 Å². The van der Waals surface area contributed by atoms with E-state index in [1.807, 2.05) is 67.8 Å². The topological polar surface area (TPSA) is 76.4 Å². The number of amides is 1. The highest BCUT2D eigenvalue weighted by Crippen LogP contribution is 2.22. The molecule has 0 aliphatic carbocycles. The Hall–Kier alpha value is -2.86. The van der Waals surface area contributed by atoms with E-state index in [-0.39, 0.29) is 18.6 Å². The second-order valence-corrected chi connectivity index (χ2v) is 7.23. The first-order valence-corrected chi connectivity index (χ1v) is 9.45. The molecule has 6 nitrogen and oxygen atoms in total. The second-order valence-electron chi connectivity index (χ2n) is 7.23. The number of aliphatic hydroxyl groups is 1. The summed E-state index contributed by atoms with van der Waals surface area (Å²) >= 11 is 0. The number of imidazole rings is 1. The van der Waals surface area contributed by atoms with E-state index < -0.39 is 6.10 Å². The van der Waals surface area contributed by atoms with Gasteiger partial charge in [0.1, 0.15) is 24.3 Å². The molecule has 2 N–H and O–H groups in total. The maximum Gasteiger partial charge on any atom is 0.217 e. The van der Waals surface area contributed by atoms with E-state index in [1.54, 1.807) is 0 Å². The number of benzene rings is 2. The SMILES string of the molecule is CC(=O)NC(C)c1nc2ccccc2n1CC(O)COc1cc(C)ccc1C. The van der Waals surface area contributed by atoms with Gasteiger partial charge in [0.15, 0.2) is 0 Å². The molecule has 0 bridgehead atoms. The lowest BCUT2D eigenvalue weighted by atomic mass is 10.1. The third kappa shape index (κ3) is 4.51. The number of para-hydroxylation sites is 2. The molecule has 1 amide bonds. The van der Waals surface area contributed by atoms with Gasteiger partial charge in [0.25, 0.3) is 0 Å². The molecule has 3 rings (SSSR count). The van der Waals surface area contributed by atoms with Crippen LogP contribution >= 0.6 is 0 Å². The molecule has 0 radical (unpaired) electrons. The van der Waals surface area contributed by atoms with E-state index in [4.69, 9.17) is 4.74 Å². The number of carbonyl (C=O) groups excluding carboxylic acids is 1. The average molecular weight is 381 g/mol. The lowest BCUT2D eigenvalue weighted by Gasteiger charge is -2.19. The summed E-state index contributed by atoms with van der Waals surface area (Å²) in [6.45, 7) is 7.86. The first-order valence-electron chi connectivity index (χ1n) is 9.45. The van der Waals surface area contributed by atoms with E-state index in [2.05, 4.69) is 10.3 Å². The summed E-state index contributed by atoms with van der Waals surface area (Å²) in [6.07, 6.45) is -0.721. The van der Waals surface area contributed by atoms with Crippen LogP contribution in [0.4, 0.5) is 0 Å². The van der Waals surface area contributed by atoms with Crippen LogP contribution in [0.2, 0.25) is 0 Å². The number of nitrogens with zero attached hydrogens (tertiary/aromatic N) is 2. The van der Waals surface area contributed by atoms with E-state index in [0.717, 1.165) is 27.9 Å². The largest absolute Gasteiger partial charge is 0.491 e. The number of rotatable bonds is 7. The normalized spacial score (nSPS) is 13.3. The van der Waals surface area contributed by atoms with Crippen LogP contribution in [-0.2, 0) is 11.3 Å². The summed E-state index contributed by atoms with van der Waals surface area (Å²) in [5.74, 6) is 1.37. The number of ether oxygens (including phenoxy) is 1. The van der Waals surface area contributed by atoms with Crippen LogP contribution in [-0.4, -0.2) is 33.3 Å². The molecule has 2 unspecified atom stereocenters. The van der Waals surface area contributed by atoms with Gasteiger partial charge in [-0.25, -0.2) is 4.98 Å². The molecule has 6 heteroatoms. The van der Waals surface area contributed by atoms with E-state index in [1.165, 1.54) is 6.92 Å². The van der Waals surface area contributed by atoms with Crippen LogP contribution < -0.4 is 10.1 Å². The van der Waals surface area contributed by atoms with E-state index >= 15 is 0 Å². The Balaban J connectivity index is 1.80. The molecule has 1 aromatic heterocycles. The van der Waals surface area contributed by atoms with Gasteiger partial charge < -0.3 is 19.7 Å². The Kier molecular flexibility index (Phi) is 5.99. The van der Waals surface area contributed by atoms with Crippen molar-refractivity contribution in [2.75, 3.05) is 6.61 Å². The molecule has 0 aliphatic heterocycles. The Labute approximate surface area is 165 Å². The van der Waals surface area contributed by atoms with Crippen molar-refractivity contribution in [3.05, 3.63) is 59.4 Å². The van der Waals surface area contributed by atoms with Crippen molar-refractivity contribution < 1.29 is 14.6 Å². The summed E-state index contributed by atoms with van der Waals surface area (Å²) < 4.78 is 7.80. The highest BCUT2D eigenvalue weighted by atomic mass is 16.5. The minimum atomic E-state index is -0.721. The number of aliphatic hydroxyl groups excluding tert-OH is 1. The van der Waals surface area contributed by atoms with Gasteiger partial charge in [0, 0.05) is 6.92 Å². The zero-order chi connectivity index (χ0) is 20.3. The summed E-state index contributed by atoms with van der Waals surface area (Å²) in [6, 6.07) is 13.5. The van der Waals surface area contributed by atoms with Crippen molar-refractivity contribution in [1.82, 2.24) is 14.9 Å². The fourth-order valence-electron chi connectivity index (χ4n) is 3.30. The zero-order valence-electron chi connectivity index (χ0n) is 16.8. The van der Waals surface area contributed by atoms with Gasteiger partial charge in [-0.3, -0.25) is 4.79 Å². The van der Waals surface area contributed by atoms with Gasteiger partial charge in [-0.15, -0.1) is 0 Å². The van der Waals surface area contributed by atoms with Crippen LogP contribution in [0.5, 0.6) is 5.75 Å². The van der Waals surface area contributed by atoms with Gasteiger partial charge in [0.05, 0.1) is 23.6 Å². The maximum absolute atomic E-state index is 11.5. The van der Waals surface area contributed by atoms with E-state index in [0.29, 0.717) is 12.4 Å². The smallest absolute Gasteiger partial charge is 0.217 e. The first-order chi connectivity index (χ1) is 13.3. The predicted octanol–water partition coefficient (Wildman–Crippen LogP) is 3.29. The summed E-state index contributed by atoms with van der Waals surface area (Å²) in [5.41, 5.74) is 3.89. The molecule has 2 aromatic carbocycles. The lowest BCUT2D eigenvalue weighted by molar-refractivity contribution is -0.119. The van der Waals surface area contributed by atoms with Crippen molar-refractivity contribution in [2.24, 2.45) is 0 Å². The molecule has 3 aromatic rings. The molecule has 2 atom stereocenters. The van der Waals surface area contributed by atoms with Crippen molar-refractivity contribution in [3.8, 4) is 5.75 Å². The van der Waals surface area contributed by atoms with Crippen LogP contribution in [0, 0.1) is 13.8 Å². The zero-order valence-corrected chi connectivity index (χ0v) is 16.8. The van der Waals surface area contributed by atoms with Crippen LogP contribution in [0.1, 0.15) is 36.8 Å². The van der Waals surface area contributed by atoms with Crippen LogP contribution in [0.3, 0.4) is 0 Å². The fraction of sp³-hybridized carbons (Fsp3) is 0.364. The molecular formula is C22H27N3O3. The van der Waals surface area contributed by atoms with Gasteiger partial charge in [-0.1, -0.05) is 24.3 Å². The summed E-state index contributed by atoms with van der Waals surface area (Å²) in [7, 11) is 0. The third-order valence-electron chi connectivity index (χ3n) is 4.66. The Morgan fingerprint density at radius 3 is 2.75 bits per heavy atom. The summed E-state index contributed by atoms with van der Waals surface area (Å²) in [5, 5.41) is 13.5. The Morgan fingerprint density at radius 1 is 1.25 bits per heavy atom. The van der Waals surface area contributed by atoms with Gasteiger partial charge in [0.2, 0.25) is 5.91 Å². The Bertz CT molecular complexity index is 980. The highest BCUT2D eigenvalue weighted by molar-refractivity contribution is 5.77. The minimum absolute atomic E-state index is 0.120. The number of fused-ring (bicyclic) bond motifs is 1. The maximum atomic E-state index is 11.5. The lowest BCUT2D eigenvalue weighted by Crippen LogP contribution is -2.29. The molecule has 0 spiro atoms. The predicted molar refractivity (Wildman–Crippen MR) is 109 cm³/mol. The number of carbonyl (C=O) groups is 1. The first kappa shape index (κ1) is 19.9. The third-order valence-corrected chi connectivity index (χ3v) is 4.66. The Morgan fingerprint density at radius 2 is 2.00 bits per heavy atom. The molecule has 0 aliphatic rings. The van der Waals surface area contributed by atoms with Gasteiger partial charge in [-0.05, 0) is 50.1 Å². The number of hydrogen-bond donors (Lipinski definition) is 2. The molecule has 1 heterocycles. The fourth-order valence-corrected chi connectivity index (χ4v) is 3.30. The number of hydrogen-bond acceptors (Lipinski definition) is 4. The van der Waals surface area contributed by atoms with Crippen LogP contribution in [0.15, 0.2) is 42.5 Å². The minimum Gasteiger partial charge on any atom is -0.491 e. The van der Waals surface area contributed by atoms with Crippen molar-refractivity contribution in [2.45, 2.75) is 46.4 Å². The molecule has 148 valence electrons. The summed E-state index contributed by atoms with van der Waals surface area (Å²) in [4.78, 5) is 16.1. The average Bonchev–Trinajstić information content (AvgIpc) is 3.01. The van der Waals surface area contributed by atoms with Crippen molar-refractivity contribution in [3.63, 3.8) is 0 Å². The quantitative estimate of drug-likeness (QED) is 0.658. The monoisotopic (exact) mass is 381 g/mol. The molecule has 0 saturated heterocycles. The molecule has 0 fully saturated rings. The van der Waals surface area contributed by atoms with E-state index in [9.17, 15) is 9.90 Å². The second kappa shape index (κ2) is 8.44. The molecule has 0 saturated carbocycles. The number of aryl methyl sites for hydroxylation is 2.